The lowest BCUT2D eigenvalue weighted by atomic mass is 9.68. The van der Waals surface area contributed by atoms with Gasteiger partial charge in [0.25, 0.3) is 0 Å². The minimum atomic E-state index is -0.390. The molecule has 2 fully saturated rings. The lowest BCUT2D eigenvalue weighted by Crippen LogP contribution is -2.25. The van der Waals surface area contributed by atoms with Crippen LogP contribution in [-0.4, -0.2) is 6.67 Å². The molecule has 2 aliphatic rings. The highest BCUT2D eigenvalue weighted by atomic mass is 19.1. The molecule has 0 N–H and O–H groups in total. The molecule has 28 heavy (non-hydrogen) atoms. The Balaban J connectivity index is 1.37. The van der Waals surface area contributed by atoms with Crippen LogP contribution in [0.25, 0.3) is 0 Å². The van der Waals surface area contributed by atoms with Crippen molar-refractivity contribution in [3.05, 3.63) is 47.3 Å². The molecule has 0 aromatic heterocycles. The molecule has 1 aromatic rings. The molecular formula is C25H33F2N. The first-order chi connectivity index (χ1) is 13.7. The van der Waals surface area contributed by atoms with E-state index in [0.29, 0.717) is 12.3 Å². The van der Waals surface area contributed by atoms with Gasteiger partial charge < -0.3 is 0 Å². The highest BCUT2D eigenvalue weighted by Crippen LogP contribution is 2.42. The molecule has 0 aliphatic heterocycles. The third-order valence-corrected chi connectivity index (χ3v) is 7.05. The van der Waals surface area contributed by atoms with E-state index in [1.165, 1.54) is 57.4 Å². The summed E-state index contributed by atoms with van der Waals surface area (Å²) < 4.78 is 25.9. The first-order valence-corrected chi connectivity index (χ1v) is 11.1. The Hall–Kier alpha value is -1.69. The van der Waals surface area contributed by atoms with E-state index in [9.17, 15) is 8.78 Å². The maximum Gasteiger partial charge on any atom is 0.141 e. The SMILES string of the molecule is N#Cc1ccc(CCC2CCC(C3CCC(/C=C/CCF)CC3)CC2)cc1F. The topological polar surface area (TPSA) is 23.8 Å². The maximum absolute atomic E-state index is 13.7. The number of rotatable bonds is 7. The van der Waals surface area contributed by atoms with Crippen LogP contribution in [0.5, 0.6) is 0 Å². The normalized spacial score (nSPS) is 28.3. The van der Waals surface area contributed by atoms with E-state index in [4.69, 9.17) is 5.26 Å². The molecule has 0 spiro atoms. The number of allylic oxidation sites excluding steroid dienone is 2. The third kappa shape index (κ3) is 5.90. The van der Waals surface area contributed by atoms with Crippen molar-refractivity contribution >= 4 is 0 Å². The lowest BCUT2D eigenvalue weighted by molar-refractivity contribution is 0.152. The van der Waals surface area contributed by atoms with E-state index in [1.54, 1.807) is 6.07 Å². The molecule has 2 saturated carbocycles. The van der Waals surface area contributed by atoms with Crippen LogP contribution in [0, 0.1) is 40.8 Å². The van der Waals surface area contributed by atoms with Gasteiger partial charge in [-0.25, -0.2) is 4.39 Å². The number of nitriles is 1. The Morgan fingerprint density at radius 1 is 1.00 bits per heavy atom. The van der Waals surface area contributed by atoms with Crippen molar-refractivity contribution < 1.29 is 8.78 Å². The summed E-state index contributed by atoms with van der Waals surface area (Å²) in [5.41, 5.74) is 1.15. The second kappa shape index (κ2) is 10.7. The second-order valence-electron chi connectivity index (χ2n) is 8.83. The standard InChI is InChI=1S/C25H33F2N/c26-16-2-1-3-19-6-11-22(12-7-19)23-13-8-20(9-14-23)4-5-21-10-15-24(18-28)25(27)17-21/h1,3,10,15,17,19-20,22-23H,2,4-9,11-14,16H2/b3-1+. The van der Waals surface area contributed by atoms with Gasteiger partial charge in [0.1, 0.15) is 11.9 Å². The molecule has 3 heteroatoms. The van der Waals surface area contributed by atoms with Crippen molar-refractivity contribution in [3.63, 3.8) is 0 Å². The molecule has 3 rings (SSSR count). The summed E-state index contributed by atoms with van der Waals surface area (Å²) in [6.07, 6.45) is 17.4. The van der Waals surface area contributed by atoms with Gasteiger partial charge >= 0.3 is 0 Å². The lowest BCUT2D eigenvalue weighted by Gasteiger charge is -2.37. The largest absolute Gasteiger partial charge is 0.251 e. The predicted molar refractivity (Wildman–Crippen MR) is 110 cm³/mol. The Kier molecular flexibility index (Phi) is 8.07. The van der Waals surface area contributed by atoms with Crippen LogP contribution in [0.1, 0.15) is 75.3 Å². The van der Waals surface area contributed by atoms with Gasteiger partial charge in [0.15, 0.2) is 0 Å². The number of halogens is 2. The summed E-state index contributed by atoms with van der Waals surface area (Å²) in [5.74, 6) is 2.82. The highest BCUT2D eigenvalue weighted by Gasteiger charge is 2.30. The zero-order valence-electron chi connectivity index (χ0n) is 16.9. The number of alkyl halides is 1. The van der Waals surface area contributed by atoms with Crippen molar-refractivity contribution in [3.8, 4) is 6.07 Å². The van der Waals surface area contributed by atoms with E-state index in [-0.39, 0.29) is 18.1 Å². The smallest absolute Gasteiger partial charge is 0.141 e. The Morgan fingerprint density at radius 2 is 1.68 bits per heavy atom. The number of aryl methyl sites for hydroxylation is 1. The fourth-order valence-electron chi connectivity index (χ4n) is 5.28. The first kappa shape index (κ1) is 21.0. The summed E-state index contributed by atoms with van der Waals surface area (Å²) in [5, 5.41) is 8.83. The minimum absolute atomic E-state index is 0.136. The maximum atomic E-state index is 13.7. The summed E-state index contributed by atoms with van der Waals surface area (Å²) in [6, 6.07) is 6.92. The molecule has 0 saturated heterocycles. The van der Waals surface area contributed by atoms with Gasteiger partial charge in [-0.1, -0.05) is 31.1 Å². The molecule has 0 radical (unpaired) electrons. The quantitative estimate of drug-likeness (QED) is 0.457. The molecule has 1 nitrogen and oxygen atoms in total. The average Bonchev–Trinajstić information content (AvgIpc) is 2.73. The molecule has 0 heterocycles. The molecule has 2 aliphatic carbocycles. The van der Waals surface area contributed by atoms with Crippen molar-refractivity contribution in [1.29, 1.82) is 5.26 Å². The molecular weight excluding hydrogens is 352 g/mol. The molecule has 0 atom stereocenters. The second-order valence-corrected chi connectivity index (χ2v) is 8.83. The van der Waals surface area contributed by atoms with Crippen LogP contribution in [0.3, 0.4) is 0 Å². The Morgan fingerprint density at radius 3 is 2.29 bits per heavy atom. The van der Waals surface area contributed by atoms with Crippen LogP contribution in [-0.2, 0) is 6.42 Å². The van der Waals surface area contributed by atoms with Crippen molar-refractivity contribution in [2.24, 2.45) is 23.7 Å². The van der Waals surface area contributed by atoms with Gasteiger partial charge in [-0.15, -0.1) is 0 Å². The monoisotopic (exact) mass is 385 g/mol. The Labute approximate surface area is 168 Å². The zero-order chi connectivity index (χ0) is 19.8. The Bertz CT molecular complexity index is 674. The number of hydrogen-bond acceptors (Lipinski definition) is 1. The van der Waals surface area contributed by atoms with Gasteiger partial charge in [-0.05, 0) is 99.2 Å². The minimum Gasteiger partial charge on any atom is -0.251 e. The van der Waals surface area contributed by atoms with Crippen LogP contribution in [0.15, 0.2) is 30.4 Å². The summed E-state index contributed by atoms with van der Waals surface area (Å²) >= 11 is 0. The van der Waals surface area contributed by atoms with Gasteiger partial charge in [-0.2, -0.15) is 5.26 Å². The molecule has 0 bridgehead atoms. The van der Waals surface area contributed by atoms with Crippen molar-refractivity contribution in [2.75, 3.05) is 6.67 Å². The van der Waals surface area contributed by atoms with Crippen LogP contribution in [0.4, 0.5) is 8.78 Å². The first-order valence-electron chi connectivity index (χ1n) is 11.1. The zero-order valence-corrected chi connectivity index (χ0v) is 16.9. The van der Waals surface area contributed by atoms with Gasteiger partial charge in [0.2, 0.25) is 0 Å². The predicted octanol–water partition coefficient (Wildman–Crippen LogP) is 7.16. The number of benzene rings is 1. The summed E-state index contributed by atoms with van der Waals surface area (Å²) in [4.78, 5) is 0. The van der Waals surface area contributed by atoms with Crippen LogP contribution < -0.4 is 0 Å². The fraction of sp³-hybridized carbons (Fsp3) is 0.640. The third-order valence-electron chi connectivity index (χ3n) is 7.05. The van der Waals surface area contributed by atoms with Gasteiger partial charge in [-0.3, -0.25) is 4.39 Å². The average molecular weight is 386 g/mol. The van der Waals surface area contributed by atoms with E-state index < -0.39 is 0 Å². The molecule has 0 amide bonds. The van der Waals surface area contributed by atoms with Crippen LogP contribution >= 0.6 is 0 Å². The van der Waals surface area contributed by atoms with E-state index in [0.717, 1.165) is 36.2 Å². The number of nitrogens with zero attached hydrogens (tertiary/aromatic N) is 1. The van der Waals surface area contributed by atoms with Crippen LogP contribution in [0.2, 0.25) is 0 Å². The van der Waals surface area contributed by atoms with Crippen molar-refractivity contribution in [1.82, 2.24) is 0 Å². The van der Waals surface area contributed by atoms with Gasteiger partial charge in [0, 0.05) is 0 Å². The van der Waals surface area contributed by atoms with Gasteiger partial charge in [0.05, 0.1) is 12.2 Å². The summed E-state index contributed by atoms with van der Waals surface area (Å²) in [7, 11) is 0. The number of hydrogen-bond donors (Lipinski definition) is 0. The molecule has 0 unspecified atom stereocenters. The highest BCUT2D eigenvalue weighted by molar-refractivity contribution is 5.33. The summed E-state index contributed by atoms with van der Waals surface area (Å²) in [6.45, 7) is -0.241. The van der Waals surface area contributed by atoms with Crippen molar-refractivity contribution in [2.45, 2.75) is 70.6 Å². The van der Waals surface area contributed by atoms with E-state index >= 15 is 0 Å². The van der Waals surface area contributed by atoms with E-state index in [1.807, 2.05) is 18.2 Å². The molecule has 152 valence electrons. The van der Waals surface area contributed by atoms with E-state index in [2.05, 4.69) is 6.08 Å². The molecule has 1 aromatic carbocycles. The fourth-order valence-corrected chi connectivity index (χ4v) is 5.28.